The summed E-state index contributed by atoms with van der Waals surface area (Å²) in [6.07, 6.45) is 2.01. The van der Waals surface area contributed by atoms with Crippen LogP contribution >= 0.6 is 11.8 Å². The smallest absolute Gasteiger partial charge is 0.262 e. The van der Waals surface area contributed by atoms with Crippen LogP contribution in [0.5, 0.6) is 0 Å². The maximum atomic E-state index is 12.7. The van der Waals surface area contributed by atoms with E-state index in [0.29, 0.717) is 22.6 Å². The molecule has 0 radical (unpaired) electrons. The molecule has 116 valence electrons. The Labute approximate surface area is 133 Å². The van der Waals surface area contributed by atoms with Gasteiger partial charge in [0.2, 0.25) is 5.91 Å². The number of hydrogen-bond donors (Lipinski definition) is 1. The lowest BCUT2D eigenvalue weighted by Gasteiger charge is -2.15. The first-order valence-corrected chi connectivity index (χ1v) is 8.45. The van der Waals surface area contributed by atoms with Crippen molar-refractivity contribution in [2.45, 2.75) is 43.1 Å². The Balaban J connectivity index is 2.02. The van der Waals surface area contributed by atoms with Crippen LogP contribution in [0.1, 0.15) is 32.7 Å². The van der Waals surface area contributed by atoms with Crippen LogP contribution in [0, 0.1) is 0 Å². The van der Waals surface area contributed by atoms with Gasteiger partial charge in [0.1, 0.15) is 0 Å². The van der Waals surface area contributed by atoms with Crippen molar-refractivity contribution in [1.29, 1.82) is 0 Å². The average molecular weight is 317 g/mol. The van der Waals surface area contributed by atoms with Gasteiger partial charge >= 0.3 is 0 Å². The monoisotopic (exact) mass is 317 g/mol. The van der Waals surface area contributed by atoms with Gasteiger partial charge in [-0.3, -0.25) is 14.2 Å². The third-order valence-corrected chi connectivity index (χ3v) is 4.76. The van der Waals surface area contributed by atoms with Crippen LogP contribution in [0.2, 0.25) is 0 Å². The number of fused-ring (bicyclic) bond motifs is 1. The zero-order chi connectivity index (χ0) is 15.7. The molecule has 2 aromatic rings. The summed E-state index contributed by atoms with van der Waals surface area (Å²) in [6.45, 7) is 4.34. The van der Waals surface area contributed by atoms with E-state index in [0.717, 1.165) is 12.8 Å². The second kappa shape index (κ2) is 6.12. The fourth-order valence-corrected chi connectivity index (χ4v) is 3.40. The molecule has 22 heavy (non-hydrogen) atoms. The average Bonchev–Trinajstić information content (AvgIpc) is 3.32. The van der Waals surface area contributed by atoms with Crippen molar-refractivity contribution in [3.8, 4) is 0 Å². The van der Waals surface area contributed by atoms with E-state index in [1.54, 1.807) is 4.57 Å². The maximum Gasteiger partial charge on any atom is 0.262 e. The molecule has 0 bridgehead atoms. The molecule has 5 nitrogen and oxygen atoms in total. The first-order chi connectivity index (χ1) is 10.6. The molecule has 1 aromatic carbocycles. The Morgan fingerprint density at radius 1 is 1.45 bits per heavy atom. The molecular formula is C16H19N3O2S. The van der Waals surface area contributed by atoms with E-state index in [9.17, 15) is 9.59 Å². The van der Waals surface area contributed by atoms with Crippen molar-refractivity contribution < 1.29 is 4.79 Å². The Bertz CT molecular complexity index is 768. The minimum atomic E-state index is -0.280. The van der Waals surface area contributed by atoms with Gasteiger partial charge in [-0.2, -0.15) is 0 Å². The minimum Gasteiger partial charge on any atom is -0.355 e. The summed E-state index contributed by atoms with van der Waals surface area (Å²) in [5.74, 6) is -0.0303. The van der Waals surface area contributed by atoms with Crippen LogP contribution < -0.4 is 10.9 Å². The summed E-state index contributed by atoms with van der Waals surface area (Å²) in [6, 6.07) is 7.61. The molecule has 1 unspecified atom stereocenters. The summed E-state index contributed by atoms with van der Waals surface area (Å²) in [4.78, 5) is 29.3. The van der Waals surface area contributed by atoms with E-state index in [-0.39, 0.29) is 22.8 Å². The van der Waals surface area contributed by atoms with Crippen LogP contribution in [-0.4, -0.2) is 27.3 Å². The van der Waals surface area contributed by atoms with Crippen molar-refractivity contribution >= 4 is 28.6 Å². The fraction of sp³-hybridized carbons (Fsp3) is 0.438. The fourth-order valence-electron chi connectivity index (χ4n) is 2.39. The number of hydrogen-bond acceptors (Lipinski definition) is 4. The highest BCUT2D eigenvalue weighted by Gasteiger charge is 2.29. The van der Waals surface area contributed by atoms with Gasteiger partial charge in [-0.05, 0) is 38.8 Å². The topological polar surface area (TPSA) is 64.0 Å². The number of carbonyl (C=O) groups is 1. The lowest BCUT2D eigenvalue weighted by molar-refractivity contribution is -0.120. The molecule has 6 heteroatoms. The Morgan fingerprint density at radius 2 is 2.18 bits per heavy atom. The van der Waals surface area contributed by atoms with E-state index in [1.165, 1.54) is 11.8 Å². The van der Waals surface area contributed by atoms with E-state index in [4.69, 9.17) is 0 Å². The second-order valence-corrected chi connectivity index (χ2v) is 6.78. The summed E-state index contributed by atoms with van der Waals surface area (Å²) in [5, 5.41) is 3.81. The molecule has 1 aromatic heterocycles. The molecule has 0 aliphatic heterocycles. The number of rotatable bonds is 5. The molecule has 1 amide bonds. The predicted octanol–water partition coefficient (Wildman–Crippen LogP) is 2.35. The van der Waals surface area contributed by atoms with Gasteiger partial charge in [0, 0.05) is 12.6 Å². The third-order valence-electron chi connectivity index (χ3n) is 3.69. The number of nitrogens with zero attached hydrogens (tertiary/aromatic N) is 2. The van der Waals surface area contributed by atoms with Crippen LogP contribution in [0.4, 0.5) is 0 Å². The predicted molar refractivity (Wildman–Crippen MR) is 88.3 cm³/mol. The molecular weight excluding hydrogens is 298 g/mol. The first-order valence-electron chi connectivity index (χ1n) is 7.57. The van der Waals surface area contributed by atoms with Gasteiger partial charge in [0.05, 0.1) is 16.2 Å². The summed E-state index contributed by atoms with van der Waals surface area (Å²) >= 11 is 1.36. The molecule has 1 N–H and O–H groups in total. The molecule has 1 saturated carbocycles. The third kappa shape index (κ3) is 2.88. The van der Waals surface area contributed by atoms with Gasteiger partial charge in [0.15, 0.2) is 5.16 Å². The molecule has 1 aliphatic rings. The van der Waals surface area contributed by atoms with Gasteiger partial charge in [0.25, 0.3) is 5.56 Å². The molecule has 1 heterocycles. The van der Waals surface area contributed by atoms with E-state index >= 15 is 0 Å². The summed E-state index contributed by atoms with van der Waals surface area (Å²) in [7, 11) is 0. The van der Waals surface area contributed by atoms with Crippen molar-refractivity contribution in [2.24, 2.45) is 0 Å². The summed E-state index contributed by atoms with van der Waals surface area (Å²) in [5.41, 5.74) is 0.689. The largest absolute Gasteiger partial charge is 0.355 e. The van der Waals surface area contributed by atoms with Crippen molar-refractivity contribution in [3.63, 3.8) is 0 Å². The van der Waals surface area contributed by atoms with Gasteiger partial charge < -0.3 is 5.32 Å². The van der Waals surface area contributed by atoms with Gasteiger partial charge in [-0.25, -0.2) is 4.98 Å². The van der Waals surface area contributed by atoms with Crippen LogP contribution in [0.3, 0.4) is 0 Å². The normalized spacial score (nSPS) is 15.7. The molecule has 3 rings (SSSR count). The number of thioether (sulfide) groups is 1. The van der Waals surface area contributed by atoms with E-state index in [2.05, 4.69) is 10.3 Å². The van der Waals surface area contributed by atoms with Gasteiger partial charge in [-0.15, -0.1) is 0 Å². The zero-order valence-corrected chi connectivity index (χ0v) is 13.5. The Hall–Kier alpha value is -1.82. The molecule has 0 saturated heterocycles. The highest BCUT2D eigenvalue weighted by atomic mass is 32.2. The number of benzene rings is 1. The summed E-state index contributed by atoms with van der Waals surface area (Å²) < 4.78 is 1.77. The highest BCUT2D eigenvalue weighted by Crippen LogP contribution is 2.37. The van der Waals surface area contributed by atoms with Gasteiger partial charge in [-0.1, -0.05) is 23.9 Å². The number of nitrogens with one attached hydrogen (secondary N) is 1. The lowest BCUT2D eigenvalue weighted by atomic mass is 10.2. The van der Waals surface area contributed by atoms with E-state index < -0.39 is 0 Å². The maximum absolute atomic E-state index is 12.7. The van der Waals surface area contributed by atoms with Crippen molar-refractivity contribution in [3.05, 3.63) is 34.6 Å². The van der Waals surface area contributed by atoms with Crippen molar-refractivity contribution in [1.82, 2.24) is 14.9 Å². The molecule has 0 spiro atoms. The SMILES string of the molecule is CCNC(=O)C(C)Sc1nc2ccccc2c(=O)n1C1CC1. The highest BCUT2D eigenvalue weighted by molar-refractivity contribution is 8.00. The van der Waals surface area contributed by atoms with Crippen molar-refractivity contribution in [2.75, 3.05) is 6.54 Å². The minimum absolute atomic E-state index is 0.00120. The van der Waals surface area contributed by atoms with Crippen LogP contribution in [0.25, 0.3) is 10.9 Å². The number of amides is 1. The quantitative estimate of drug-likeness (QED) is 0.679. The lowest BCUT2D eigenvalue weighted by Crippen LogP contribution is -2.31. The molecule has 1 aliphatic carbocycles. The number of aromatic nitrogens is 2. The number of carbonyl (C=O) groups excluding carboxylic acids is 1. The van der Waals surface area contributed by atoms with Crippen LogP contribution in [0.15, 0.2) is 34.2 Å². The zero-order valence-electron chi connectivity index (χ0n) is 12.7. The van der Waals surface area contributed by atoms with Crippen LogP contribution in [-0.2, 0) is 4.79 Å². The Morgan fingerprint density at radius 3 is 2.86 bits per heavy atom. The first kappa shape index (κ1) is 15.1. The van der Waals surface area contributed by atoms with E-state index in [1.807, 2.05) is 38.1 Å². The second-order valence-electron chi connectivity index (χ2n) is 5.47. The Kier molecular flexibility index (Phi) is 4.20. The molecule has 1 fully saturated rings. The number of para-hydroxylation sites is 1. The molecule has 1 atom stereocenters. The standard InChI is InChI=1S/C16H19N3O2S/c1-3-17-14(20)10(2)22-16-18-13-7-5-4-6-12(13)15(21)19(16)11-8-9-11/h4-7,10-11H,3,8-9H2,1-2H3,(H,17,20).